The Morgan fingerprint density at radius 2 is 1.84 bits per heavy atom. The lowest BCUT2D eigenvalue weighted by Gasteiger charge is -2.17. The Morgan fingerprint density at radius 1 is 1.21 bits per heavy atom. The third kappa shape index (κ3) is 3.56. The van der Waals surface area contributed by atoms with E-state index in [1.54, 1.807) is 12.1 Å². The normalized spacial score (nSPS) is 10.7. The van der Waals surface area contributed by atoms with Gasteiger partial charge in [0, 0.05) is 0 Å². The molecule has 0 aliphatic carbocycles. The number of methoxy groups -OCH3 is 1. The molecule has 0 spiro atoms. The molecule has 19 heavy (non-hydrogen) atoms. The van der Waals surface area contributed by atoms with Crippen molar-refractivity contribution in [2.75, 3.05) is 7.11 Å². The average molecular weight is 264 g/mol. The molecular formula is C15H20O4. The fourth-order valence-electron chi connectivity index (χ4n) is 1.72. The first-order valence-electron chi connectivity index (χ1n) is 6.28. The van der Waals surface area contributed by atoms with E-state index in [2.05, 4.69) is 0 Å². The van der Waals surface area contributed by atoms with Crippen molar-refractivity contribution in [2.24, 2.45) is 0 Å². The van der Waals surface area contributed by atoms with Gasteiger partial charge in [-0.3, -0.25) is 4.79 Å². The largest absolute Gasteiger partial charge is 0.489 e. The van der Waals surface area contributed by atoms with Crippen LogP contribution in [0.2, 0.25) is 0 Å². The van der Waals surface area contributed by atoms with Crippen LogP contribution in [0.4, 0.5) is 0 Å². The van der Waals surface area contributed by atoms with Crippen LogP contribution in [-0.4, -0.2) is 25.5 Å². The maximum Gasteiger partial charge on any atom is 0.341 e. The summed E-state index contributed by atoms with van der Waals surface area (Å²) in [5.74, 6) is -0.00212. The molecule has 0 saturated carbocycles. The summed E-state index contributed by atoms with van der Waals surface area (Å²) in [5, 5.41) is 0. The van der Waals surface area contributed by atoms with E-state index in [4.69, 9.17) is 9.47 Å². The Morgan fingerprint density at radius 3 is 2.26 bits per heavy atom. The fraction of sp³-hybridized carbons (Fsp3) is 0.467. The quantitative estimate of drug-likeness (QED) is 0.605. The molecule has 0 radical (unpaired) electrons. The molecule has 1 rings (SSSR count). The number of carbonyl (C=O) groups is 2. The van der Waals surface area contributed by atoms with E-state index in [9.17, 15) is 9.59 Å². The number of hydrogen-bond acceptors (Lipinski definition) is 4. The maximum atomic E-state index is 11.8. The zero-order valence-electron chi connectivity index (χ0n) is 12.0. The van der Waals surface area contributed by atoms with Crippen molar-refractivity contribution in [3.05, 3.63) is 28.8 Å². The average Bonchev–Trinajstić information content (AvgIpc) is 2.36. The lowest BCUT2D eigenvalue weighted by molar-refractivity contribution is 0.0594. The summed E-state index contributed by atoms with van der Waals surface area (Å²) in [6, 6.07) is 3.48. The van der Waals surface area contributed by atoms with Gasteiger partial charge in [0.05, 0.1) is 18.8 Å². The van der Waals surface area contributed by atoms with E-state index in [0.29, 0.717) is 23.2 Å². The topological polar surface area (TPSA) is 52.6 Å². The minimum absolute atomic E-state index is 0.132. The van der Waals surface area contributed by atoms with Crippen molar-refractivity contribution < 1.29 is 19.1 Å². The summed E-state index contributed by atoms with van der Waals surface area (Å²) in [5.41, 5.74) is 1.57. The van der Waals surface area contributed by atoms with Gasteiger partial charge in [-0.15, -0.1) is 0 Å². The zero-order chi connectivity index (χ0) is 14.6. The summed E-state index contributed by atoms with van der Waals surface area (Å²) in [6.07, 6.45) is 0.572. The highest BCUT2D eigenvalue weighted by Gasteiger charge is 2.20. The van der Waals surface area contributed by atoms with Gasteiger partial charge in [0.1, 0.15) is 11.3 Å². The van der Waals surface area contributed by atoms with Crippen molar-refractivity contribution in [1.29, 1.82) is 0 Å². The van der Waals surface area contributed by atoms with E-state index in [-0.39, 0.29) is 12.0 Å². The predicted molar refractivity (Wildman–Crippen MR) is 73.0 cm³/mol. The number of rotatable bonds is 5. The van der Waals surface area contributed by atoms with Crippen LogP contribution < -0.4 is 4.74 Å². The van der Waals surface area contributed by atoms with Crippen molar-refractivity contribution >= 4 is 12.3 Å². The van der Waals surface area contributed by atoms with Crippen LogP contribution in [0, 0.1) is 0 Å². The smallest absolute Gasteiger partial charge is 0.341 e. The molecule has 104 valence electrons. The van der Waals surface area contributed by atoms with Gasteiger partial charge < -0.3 is 9.47 Å². The van der Waals surface area contributed by atoms with Gasteiger partial charge in [-0.1, -0.05) is 13.8 Å². The predicted octanol–water partition coefficient (Wildman–Crippen LogP) is 3.20. The number of carbonyl (C=O) groups excluding carboxylic acids is 2. The van der Waals surface area contributed by atoms with Crippen LogP contribution in [0.1, 0.15) is 59.9 Å². The molecule has 0 aliphatic rings. The van der Waals surface area contributed by atoms with Gasteiger partial charge in [0.2, 0.25) is 0 Å². The molecule has 4 heteroatoms. The molecule has 0 atom stereocenters. The van der Waals surface area contributed by atoms with E-state index in [0.717, 1.165) is 5.56 Å². The van der Waals surface area contributed by atoms with Crippen LogP contribution in [0.15, 0.2) is 12.1 Å². The van der Waals surface area contributed by atoms with Crippen molar-refractivity contribution in [2.45, 2.75) is 39.7 Å². The highest BCUT2D eigenvalue weighted by atomic mass is 16.5. The Hall–Kier alpha value is -1.84. The highest BCUT2D eigenvalue weighted by Crippen LogP contribution is 2.29. The van der Waals surface area contributed by atoms with Gasteiger partial charge >= 0.3 is 5.97 Å². The molecule has 0 saturated heterocycles. The second-order valence-corrected chi connectivity index (χ2v) is 4.92. The fourth-order valence-corrected chi connectivity index (χ4v) is 1.72. The molecule has 0 fully saturated rings. The molecule has 0 unspecified atom stereocenters. The molecule has 0 aromatic heterocycles. The van der Waals surface area contributed by atoms with Gasteiger partial charge in [-0.2, -0.15) is 0 Å². The standard InChI is InChI=1S/C15H20O4/c1-9(2)11-6-12(8-16)14(19-10(3)4)13(7-11)15(17)18-5/h6-10H,1-5H3. The van der Waals surface area contributed by atoms with Gasteiger partial charge in [-0.05, 0) is 37.5 Å². The van der Waals surface area contributed by atoms with Gasteiger partial charge in [-0.25, -0.2) is 4.79 Å². The third-order valence-electron chi connectivity index (χ3n) is 2.69. The van der Waals surface area contributed by atoms with Gasteiger partial charge in [0.25, 0.3) is 0 Å². The third-order valence-corrected chi connectivity index (χ3v) is 2.69. The van der Waals surface area contributed by atoms with Crippen LogP contribution >= 0.6 is 0 Å². The summed E-state index contributed by atoms with van der Waals surface area (Å²) < 4.78 is 10.4. The van der Waals surface area contributed by atoms with E-state index < -0.39 is 5.97 Å². The summed E-state index contributed by atoms with van der Waals surface area (Å²) in [4.78, 5) is 23.1. The van der Waals surface area contributed by atoms with Crippen LogP contribution in [0.5, 0.6) is 5.75 Å². The molecular weight excluding hydrogens is 244 g/mol. The minimum Gasteiger partial charge on any atom is -0.489 e. The minimum atomic E-state index is -0.499. The molecule has 0 heterocycles. The molecule has 0 aliphatic heterocycles. The van der Waals surface area contributed by atoms with Crippen LogP contribution in [-0.2, 0) is 4.74 Å². The van der Waals surface area contributed by atoms with E-state index >= 15 is 0 Å². The molecule has 4 nitrogen and oxygen atoms in total. The second kappa shape index (κ2) is 6.36. The maximum absolute atomic E-state index is 11.8. The van der Waals surface area contributed by atoms with Crippen LogP contribution in [0.3, 0.4) is 0 Å². The van der Waals surface area contributed by atoms with Crippen molar-refractivity contribution in [3.8, 4) is 5.75 Å². The van der Waals surface area contributed by atoms with Crippen LogP contribution in [0.25, 0.3) is 0 Å². The van der Waals surface area contributed by atoms with E-state index in [1.807, 2.05) is 27.7 Å². The molecule has 0 bridgehead atoms. The first-order valence-corrected chi connectivity index (χ1v) is 6.28. The number of ether oxygens (including phenoxy) is 2. The number of aldehydes is 1. The molecule has 0 amide bonds. The summed E-state index contributed by atoms with van der Waals surface area (Å²) >= 11 is 0. The number of esters is 1. The van der Waals surface area contributed by atoms with Crippen molar-refractivity contribution in [3.63, 3.8) is 0 Å². The Kier molecular flexibility index (Phi) is 5.10. The number of hydrogen-bond donors (Lipinski definition) is 0. The highest BCUT2D eigenvalue weighted by molar-refractivity contribution is 5.96. The first-order chi connectivity index (χ1) is 8.90. The monoisotopic (exact) mass is 264 g/mol. The van der Waals surface area contributed by atoms with Crippen molar-refractivity contribution in [1.82, 2.24) is 0 Å². The Bertz CT molecular complexity index is 475. The van der Waals surface area contributed by atoms with Gasteiger partial charge in [0.15, 0.2) is 6.29 Å². The molecule has 1 aromatic carbocycles. The Balaban J connectivity index is 3.47. The van der Waals surface area contributed by atoms with E-state index in [1.165, 1.54) is 7.11 Å². The second-order valence-electron chi connectivity index (χ2n) is 4.92. The molecule has 1 aromatic rings. The lowest BCUT2D eigenvalue weighted by Crippen LogP contribution is -2.14. The lowest BCUT2D eigenvalue weighted by atomic mass is 9.97. The Labute approximate surface area is 113 Å². The summed E-state index contributed by atoms with van der Waals surface area (Å²) in [6.45, 7) is 7.67. The zero-order valence-corrected chi connectivity index (χ0v) is 12.0. The first kappa shape index (κ1) is 15.2. The SMILES string of the molecule is COC(=O)c1cc(C(C)C)cc(C=O)c1OC(C)C. The number of benzene rings is 1. The molecule has 0 N–H and O–H groups in total. The summed E-state index contributed by atoms with van der Waals surface area (Å²) in [7, 11) is 1.31.